The van der Waals surface area contributed by atoms with Crippen molar-refractivity contribution in [3.8, 4) is 11.3 Å². The highest BCUT2D eigenvalue weighted by Crippen LogP contribution is 2.37. The molecule has 31 heavy (non-hydrogen) atoms. The highest BCUT2D eigenvalue weighted by Gasteiger charge is 2.19. The van der Waals surface area contributed by atoms with E-state index in [1.807, 2.05) is 0 Å². The van der Waals surface area contributed by atoms with Gasteiger partial charge in [0.1, 0.15) is 0 Å². The van der Waals surface area contributed by atoms with E-state index < -0.39 is 0 Å². The van der Waals surface area contributed by atoms with Crippen molar-refractivity contribution in [1.29, 1.82) is 0 Å². The van der Waals surface area contributed by atoms with Crippen LogP contribution >= 0.6 is 0 Å². The van der Waals surface area contributed by atoms with Gasteiger partial charge in [0.2, 0.25) is 5.69 Å². The lowest BCUT2D eigenvalue weighted by Crippen LogP contribution is -2.36. The van der Waals surface area contributed by atoms with Crippen LogP contribution in [0.2, 0.25) is 0 Å². The Bertz CT molecular complexity index is 1540. The zero-order valence-corrected chi connectivity index (χ0v) is 17.2. The first-order valence-electron chi connectivity index (χ1n) is 10.7. The van der Waals surface area contributed by atoms with Crippen LogP contribution in [0.1, 0.15) is 5.56 Å². The first kappa shape index (κ1) is 17.9. The number of hydrogen-bond acceptors (Lipinski definition) is 0. The average Bonchev–Trinajstić information content (AvgIpc) is 2.82. The maximum Gasteiger partial charge on any atom is 0.214 e. The zero-order chi connectivity index (χ0) is 20.6. The van der Waals surface area contributed by atoms with Crippen molar-refractivity contribution in [2.24, 2.45) is 0 Å². The van der Waals surface area contributed by atoms with Gasteiger partial charge in [0.25, 0.3) is 0 Å². The summed E-state index contributed by atoms with van der Waals surface area (Å²) in [7, 11) is 0. The molecule has 146 valence electrons. The van der Waals surface area contributed by atoms with E-state index in [-0.39, 0.29) is 0 Å². The minimum absolute atomic E-state index is 0.843. The number of nitrogens with zero attached hydrogens (tertiary/aromatic N) is 1. The van der Waals surface area contributed by atoms with E-state index in [1.54, 1.807) is 0 Å². The zero-order valence-electron chi connectivity index (χ0n) is 17.2. The van der Waals surface area contributed by atoms with Gasteiger partial charge in [0, 0.05) is 17.7 Å². The first-order valence-corrected chi connectivity index (χ1v) is 10.7. The number of pyridine rings is 1. The maximum atomic E-state index is 2.37. The number of hydrogen-bond donors (Lipinski definition) is 0. The molecule has 0 N–H and O–H groups in total. The van der Waals surface area contributed by atoms with Crippen LogP contribution in [0.3, 0.4) is 0 Å². The van der Waals surface area contributed by atoms with Crippen LogP contribution < -0.4 is 4.57 Å². The Morgan fingerprint density at radius 1 is 0.484 bits per heavy atom. The molecule has 0 saturated heterocycles. The molecule has 0 spiro atoms. The highest BCUT2D eigenvalue weighted by molar-refractivity contribution is 6.14. The Morgan fingerprint density at radius 2 is 1.13 bits per heavy atom. The van der Waals surface area contributed by atoms with Crippen molar-refractivity contribution in [3.05, 3.63) is 127 Å². The molecule has 0 radical (unpaired) electrons. The molecule has 0 fully saturated rings. The molecule has 1 nitrogen and oxygen atoms in total. The van der Waals surface area contributed by atoms with E-state index >= 15 is 0 Å². The van der Waals surface area contributed by atoms with Crippen molar-refractivity contribution >= 4 is 32.3 Å². The van der Waals surface area contributed by atoms with Crippen molar-refractivity contribution in [1.82, 2.24) is 0 Å². The van der Waals surface area contributed by atoms with Crippen LogP contribution in [-0.4, -0.2) is 0 Å². The molecule has 0 aliphatic rings. The van der Waals surface area contributed by atoms with Crippen LogP contribution in [0.5, 0.6) is 0 Å². The molecule has 0 aliphatic heterocycles. The molecular formula is C30H22N+. The van der Waals surface area contributed by atoms with Gasteiger partial charge in [-0.25, -0.2) is 0 Å². The smallest absolute Gasteiger partial charge is 0.194 e. The number of fused-ring (bicyclic) bond motifs is 3. The molecule has 0 saturated carbocycles. The van der Waals surface area contributed by atoms with Gasteiger partial charge in [0.15, 0.2) is 12.7 Å². The van der Waals surface area contributed by atoms with E-state index in [0.29, 0.717) is 0 Å². The fraction of sp³-hybridized carbons (Fsp3) is 0.0333. The maximum absolute atomic E-state index is 2.37. The van der Waals surface area contributed by atoms with Gasteiger partial charge in [-0.05, 0) is 56.6 Å². The molecule has 1 heteroatoms. The Hall–Kier alpha value is -3.97. The predicted molar refractivity (Wildman–Crippen MR) is 130 cm³/mol. The molecule has 0 atom stereocenters. The van der Waals surface area contributed by atoms with Crippen LogP contribution in [0.15, 0.2) is 121 Å². The third kappa shape index (κ3) is 3.15. The summed E-state index contributed by atoms with van der Waals surface area (Å²) in [5, 5.41) is 7.69. The third-order valence-electron chi connectivity index (χ3n) is 6.12. The Balaban J connectivity index is 1.69. The van der Waals surface area contributed by atoms with Gasteiger partial charge in [-0.2, -0.15) is 4.57 Å². The lowest BCUT2D eigenvalue weighted by molar-refractivity contribution is -0.677. The van der Waals surface area contributed by atoms with E-state index in [9.17, 15) is 0 Å². The molecule has 0 bridgehead atoms. The molecule has 6 aromatic rings. The lowest BCUT2D eigenvalue weighted by Gasteiger charge is -2.13. The largest absolute Gasteiger partial charge is 0.214 e. The topological polar surface area (TPSA) is 3.88 Å². The fourth-order valence-electron chi connectivity index (χ4n) is 4.65. The van der Waals surface area contributed by atoms with E-state index in [2.05, 4.69) is 126 Å². The summed E-state index contributed by atoms with van der Waals surface area (Å²) in [4.78, 5) is 0. The summed E-state index contributed by atoms with van der Waals surface area (Å²) in [5.41, 5.74) is 3.84. The van der Waals surface area contributed by atoms with E-state index in [1.165, 1.54) is 49.1 Å². The quantitative estimate of drug-likeness (QED) is 0.221. The summed E-state index contributed by atoms with van der Waals surface area (Å²) in [5.74, 6) is 0. The molecule has 5 aromatic carbocycles. The highest BCUT2D eigenvalue weighted by atomic mass is 15.0. The van der Waals surface area contributed by atoms with Crippen molar-refractivity contribution < 1.29 is 4.57 Å². The van der Waals surface area contributed by atoms with Crippen LogP contribution in [-0.2, 0) is 6.54 Å². The van der Waals surface area contributed by atoms with Crippen molar-refractivity contribution in [2.45, 2.75) is 6.54 Å². The van der Waals surface area contributed by atoms with Crippen LogP contribution in [0.4, 0.5) is 0 Å². The lowest BCUT2D eigenvalue weighted by atomic mass is 9.92. The minimum Gasteiger partial charge on any atom is -0.194 e. The van der Waals surface area contributed by atoms with E-state index in [0.717, 1.165) is 6.54 Å². The summed E-state index contributed by atoms with van der Waals surface area (Å²) < 4.78 is 2.37. The van der Waals surface area contributed by atoms with E-state index in [4.69, 9.17) is 0 Å². The van der Waals surface area contributed by atoms with Crippen molar-refractivity contribution in [3.63, 3.8) is 0 Å². The van der Waals surface area contributed by atoms with Crippen molar-refractivity contribution in [2.75, 3.05) is 0 Å². The third-order valence-corrected chi connectivity index (χ3v) is 6.12. The van der Waals surface area contributed by atoms with Crippen LogP contribution in [0.25, 0.3) is 43.6 Å². The Labute approximate surface area is 181 Å². The summed E-state index contributed by atoms with van der Waals surface area (Å²) in [6, 6.07) is 41.6. The van der Waals surface area contributed by atoms with Crippen LogP contribution in [0, 0.1) is 0 Å². The molecule has 1 aromatic heterocycles. The Kier molecular flexibility index (Phi) is 4.25. The summed E-state index contributed by atoms with van der Waals surface area (Å²) >= 11 is 0. The number of benzene rings is 5. The molecule has 0 unspecified atom stereocenters. The average molecular weight is 397 g/mol. The van der Waals surface area contributed by atoms with Gasteiger partial charge in [0.05, 0.1) is 5.56 Å². The van der Waals surface area contributed by atoms with Gasteiger partial charge in [-0.1, -0.05) is 78.9 Å². The Morgan fingerprint density at radius 3 is 1.97 bits per heavy atom. The number of aromatic nitrogens is 1. The second-order valence-corrected chi connectivity index (χ2v) is 8.09. The summed E-state index contributed by atoms with van der Waals surface area (Å²) in [6.07, 6.45) is 2.19. The first-order chi connectivity index (χ1) is 15.4. The standard InChI is InChI=1S/C30H22N/c1-2-10-22(11-3-1)21-31-17-9-8-16-29(31)30-27-15-7-6-14-25(27)19-26-18-23-12-4-5-13-24(23)20-28(26)30/h1-20H,21H2/q+1. The van der Waals surface area contributed by atoms with Gasteiger partial charge in [-0.15, -0.1) is 0 Å². The summed E-state index contributed by atoms with van der Waals surface area (Å²) in [6.45, 7) is 0.843. The number of rotatable bonds is 3. The second kappa shape index (κ2) is 7.37. The normalized spacial score (nSPS) is 11.4. The fourth-order valence-corrected chi connectivity index (χ4v) is 4.65. The molecule has 0 aliphatic carbocycles. The molecule has 1 heterocycles. The second-order valence-electron chi connectivity index (χ2n) is 8.09. The molecule has 6 rings (SSSR count). The minimum atomic E-state index is 0.843. The monoisotopic (exact) mass is 396 g/mol. The van der Waals surface area contributed by atoms with Gasteiger partial charge in [-0.3, -0.25) is 0 Å². The van der Waals surface area contributed by atoms with Gasteiger partial charge >= 0.3 is 0 Å². The molecule has 0 amide bonds. The van der Waals surface area contributed by atoms with Gasteiger partial charge < -0.3 is 0 Å². The SMILES string of the molecule is c1ccc(C[n+]2ccccc2-c2c3ccccc3cc3cc4ccccc4cc23)cc1. The predicted octanol–water partition coefficient (Wildman–Crippen LogP) is 7.15. The molecular weight excluding hydrogens is 374 g/mol.